The van der Waals surface area contributed by atoms with Gasteiger partial charge in [-0.25, -0.2) is 0 Å². The summed E-state index contributed by atoms with van der Waals surface area (Å²) in [5.74, 6) is 0.386. The Bertz CT molecular complexity index is 925. The molecule has 0 spiro atoms. The van der Waals surface area contributed by atoms with E-state index in [2.05, 4.69) is 37.2 Å². The highest BCUT2D eigenvalue weighted by atomic mass is 79.9. The van der Waals surface area contributed by atoms with E-state index in [9.17, 15) is 4.79 Å². The fraction of sp³-hybridized carbons (Fsp3) is 0. The summed E-state index contributed by atoms with van der Waals surface area (Å²) in [7, 11) is 0. The van der Waals surface area contributed by atoms with Crippen molar-refractivity contribution in [2.24, 2.45) is 0 Å². The largest absolute Gasteiger partial charge is 0.451 e. The summed E-state index contributed by atoms with van der Waals surface area (Å²) in [5.41, 5.74) is 7.49. The van der Waals surface area contributed by atoms with Gasteiger partial charge in [-0.2, -0.15) is 0 Å². The Morgan fingerprint density at radius 3 is 2.58 bits per heavy atom. The van der Waals surface area contributed by atoms with Crippen LogP contribution in [0.5, 0.6) is 0 Å². The van der Waals surface area contributed by atoms with Gasteiger partial charge in [0.05, 0.1) is 10.7 Å². The van der Waals surface area contributed by atoms with Crippen molar-refractivity contribution in [1.82, 2.24) is 0 Å². The Morgan fingerprint density at radius 1 is 1.08 bits per heavy atom. The molecular formula is C17H11Br2ClN2O2. The van der Waals surface area contributed by atoms with Crippen molar-refractivity contribution in [2.75, 3.05) is 11.1 Å². The molecule has 0 aliphatic rings. The van der Waals surface area contributed by atoms with Crippen molar-refractivity contribution >= 4 is 60.7 Å². The molecule has 1 aromatic heterocycles. The van der Waals surface area contributed by atoms with Gasteiger partial charge in [0.25, 0.3) is 5.91 Å². The first-order valence-corrected chi connectivity index (χ1v) is 8.82. The lowest BCUT2D eigenvalue weighted by atomic mass is 10.2. The molecule has 3 aromatic rings. The summed E-state index contributed by atoms with van der Waals surface area (Å²) in [4.78, 5) is 12.3. The van der Waals surface area contributed by atoms with Crippen molar-refractivity contribution in [3.63, 3.8) is 0 Å². The lowest BCUT2D eigenvalue weighted by Gasteiger charge is -2.06. The van der Waals surface area contributed by atoms with Crippen LogP contribution in [0.15, 0.2) is 61.9 Å². The van der Waals surface area contributed by atoms with Gasteiger partial charge in [-0.1, -0.05) is 27.5 Å². The van der Waals surface area contributed by atoms with E-state index < -0.39 is 0 Å². The summed E-state index contributed by atoms with van der Waals surface area (Å²) < 4.78 is 7.47. The number of nitrogen functional groups attached to an aromatic ring is 1. The van der Waals surface area contributed by atoms with E-state index in [1.165, 1.54) is 0 Å². The number of hydrogen-bond acceptors (Lipinski definition) is 3. The van der Waals surface area contributed by atoms with Crippen LogP contribution in [0, 0.1) is 0 Å². The lowest BCUT2D eigenvalue weighted by Crippen LogP contribution is -2.11. The topological polar surface area (TPSA) is 68.3 Å². The number of hydrogen-bond donors (Lipinski definition) is 2. The third kappa shape index (κ3) is 3.66. The first-order valence-electron chi connectivity index (χ1n) is 6.85. The normalized spacial score (nSPS) is 10.6. The minimum Gasteiger partial charge on any atom is -0.451 e. The zero-order valence-corrected chi connectivity index (χ0v) is 16.1. The van der Waals surface area contributed by atoms with E-state index in [1.54, 1.807) is 30.3 Å². The molecule has 0 atom stereocenters. The fourth-order valence-electron chi connectivity index (χ4n) is 2.11. The van der Waals surface area contributed by atoms with Gasteiger partial charge in [-0.15, -0.1) is 0 Å². The van der Waals surface area contributed by atoms with Crippen LogP contribution in [0.4, 0.5) is 11.4 Å². The highest BCUT2D eigenvalue weighted by Gasteiger charge is 2.15. The molecule has 0 fully saturated rings. The molecule has 2 aromatic carbocycles. The molecule has 4 nitrogen and oxygen atoms in total. The second-order valence-electron chi connectivity index (χ2n) is 4.98. The molecule has 0 bridgehead atoms. The third-order valence-corrected chi connectivity index (χ3v) is 4.73. The molecule has 0 saturated heterocycles. The van der Waals surface area contributed by atoms with Crippen LogP contribution < -0.4 is 11.1 Å². The van der Waals surface area contributed by atoms with Crippen LogP contribution in [-0.4, -0.2) is 5.91 Å². The summed E-state index contributed by atoms with van der Waals surface area (Å²) in [5, 5.41) is 3.07. The number of nitrogens with one attached hydrogen (secondary N) is 1. The second-order valence-corrected chi connectivity index (χ2v) is 7.16. The zero-order chi connectivity index (χ0) is 17.3. The number of carbonyl (C=O) groups excluding carboxylic acids is 1. The Balaban J connectivity index is 1.83. The van der Waals surface area contributed by atoms with Gasteiger partial charge in [0.2, 0.25) is 0 Å². The Morgan fingerprint density at radius 2 is 1.88 bits per heavy atom. The van der Waals surface area contributed by atoms with Crippen molar-refractivity contribution in [3.8, 4) is 11.3 Å². The molecule has 3 rings (SSSR count). The standard InChI is InChI=1S/C17H11Br2ClN2O2/c18-9-1-3-11(12(19)7-9)15-5-6-16(24-15)17(23)22-14-4-2-10(21)8-13(14)20/h1-8H,21H2,(H,22,23). The molecule has 0 aliphatic heterocycles. The maximum atomic E-state index is 12.3. The van der Waals surface area contributed by atoms with E-state index in [-0.39, 0.29) is 11.7 Å². The fourth-order valence-corrected chi connectivity index (χ4v) is 3.59. The molecule has 0 saturated carbocycles. The number of amides is 1. The van der Waals surface area contributed by atoms with Crippen LogP contribution in [0.25, 0.3) is 11.3 Å². The van der Waals surface area contributed by atoms with Gasteiger partial charge in [0, 0.05) is 20.2 Å². The number of furan rings is 1. The monoisotopic (exact) mass is 468 g/mol. The highest BCUT2D eigenvalue weighted by Crippen LogP contribution is 2.32. The van der Waals surface area contributed by atoms with Gasteiger partial charge in [-0.3, -0.25) is 4.79 Å². The number of carbonyl (C=O) groups is 1. The molecule has 7 heteroatoms. The predicted molar refractivity (Wildman–Crippen MR) is 103 cm³/mol. The average molecular weight is 471 g/mol. The van der Waals surface area contributed by atoms with Gasteiger partial charge in [0.1, 0.15) is 5.76 Å². The number of anilines is 2. The minimum absolute atomic E-state index is 0.188. The lowest BCUT2D eigenvalue weighted by molar-refractivity contribution is 0.0997. The van der Waals surface area contributed by atoms with E-state index in [1.807, 2.05) is 18.2 Å². The predicted octanol–water partition coefficient (Wildman–Crippen LogP) is 5.96. The zero-order valence-electron chi connectivity index (χ0n) is 12.1. The smallest absolute Gasteiger partial charge is 0.291 e. The molecule has 0 unspecified atom stereocenters. The Hall–Kier alpha value is -1.76. The van der Waals surface area contributed by atoms with E-state index >= 15 is 0 Å². The molecular weight excluding hydrogens is 459 g/mol. The first-order chi connectivity index (χ1) is 11.4. The molecule has 0 radical (unpaired) electrons. The van der Waals surface area contributed by atoms with Crippen molar-refractivity contribution in [3.05, 3.63) is 68.3 Å². The summed E-state index contributed by atoms with van der Waals surface area (Å²) in [6.07, 6.45) is 0. The molecule has 1 heterocycles. The van der Waals surface area contributed by atoms with Crippen LogP contribution in [0.3, 0.4) is 0 Å². The summed E-state index contributed by atoms with van der Waals surface area (Å²) >= 11 is 12.9. The van der Waals surface area contributed by atoms with Crippen molar-refractivity contribution in [2.45, 2.75) is 0 Å². The van der Waals surface area contributed by atoms with E-state index in [0.29, 0.717) is 22.2 Å². The quantitative estimate of drug-likeness (QED) is 0.464. The van der Waals surface area contributed by atoms with E-state index in [0.717, 1.165) is 14.5 Å². The van der Waals surface area contributed by atoms with Crippen molar-refractivity contribution < 1.29 is 9.21 Å². The van der Waals surface area contributed by atoms with Gasteiger partial charge >= 0.3 is 0 Å². The number of nitrogens with two attached hydrogens (primary N) is 1. The molecule has 0 aliphatic carbocycles. The average Bonchev–Trinajstić information content (AvgIpc) is 3.00. The van der Waals surface area contributed by atoms with Gasteiger partial charge < -0.3 is 15.5 Å². The van der Waals surface area contributed by atoms with Crippen molar-refractivity contribution in [1.29, 1.82) is 0 Å². The molecule has 24 heavy (non-hydrogen) atoms. The third-order valence-electron chi connectivity index (χ3n) is 3.27. The maximum absolute atomic E-state index is 12.3. The summed E-state index contributed by atoms with van der Waals surface area (Å²) in [6, 6.07) is 13.9. The van der Waals surface area contributed by atoms with Crippen LogP contribution >= 0.6 is 43.5 Å². The Labute approximate surface area is 160 Å². The van der Waals surface area contributed by atoms with E-state index in [4.69, 9.17) is 21.8 Å². The maximum Gasteiger partial charge on any atom is 0.291 e. The molecule has 3 N–H and O–H groups in total. The summed E-state index contributed by atoms with van der Waals surface area (Å²) in [6.45, 7) is 0. The molecule has 122 valence electrons. The number of rotatable bonds is 3. The second kappa shape index (κ2) is 7.01. The number of halogens is 3. The minimum atomic E-state index is -0.388. The van der Waals surface area contributed by atoms with Crippen LogP contribution in [0.2, 0.25) is 5.02 Å². The molecule has 1 amide bonds. The van der Waals surface area contributed by atoms with Gasteiger partial charge in [0.15, 0.2) is 5.76 Å². The van der Waals surface area contributed by atoms with Crippen LogP contribution in [0.1, 0.15) is 10.6 Å². The highest BCUT2D eigenvalue weighted by molar-refractivity contribution is 9.11. The number of benzene rings is 2. The Kier molecular flexibility index (Phi) is 4.99. The first kappa shape index (κ1) is 17.1. The van der Waals surface area contributed by atoms with Crippen LogP contribution in [-0.2, 0) is 0 Å². The SMILES string of the molecule is Nc1ccc(NC(=O)c2ccc(-c3ccc(Br)cc3Br)o2)c(Cl)c1. The van der Waals surface area contributed by atoms with Gasteiger partial charge in [-0.05, 0) is 64.5 Å².